The average Bonchev–Trinajstić information content (AvgIpc) is 3.07. The molecule has 1 aromatic rings. The van der Waals surface area contributed by atoms with E-state index in [-0.39, 0.29) is 11.9 Å². The highest BCUT2D eigenvalue weighted by Gasteiger charge is 2.37. The Kier molecular flexibility index (Phi) is 3.82. The molecule has 1 amide bonds. The van der Waals surface area contributed by atoms with Crippen LogP contribution in [0.1, 0.15) is 37.8 Å². The molecule has 1 saturated carbocycles. The zero-order valence-corrected chi connectivity index (χ0v) is 11.2. The Labute approximate surface area is 113 Å². The number of hydrogen-bond acceptors (Lipinski definition) is 3. The first-order chi connectivity index (χ1) is 9.33. The number of hydrogen-bond donors (Lipinski definition) is 3. The van der Waals surface area contributed by atoms with Crippen molar-refractivity contribution in [2.24, 2.45) is 5.92 Å². The molecule has 0 spiro atoms. The van der Waals surface area contributed by atoms with Gasteiger partial charge in [-0.2, -0.15) is 0 Å². The Bertz CT molecular complexity index is 403. The normalized spacial score (nSPS) is 30.0. The van der Waals surface area contributed by atoms with Gasteiger partial charge in [-0.3, -0.25) is 4.79 Å². The van der Waals surface area contributed by atoms with Crippen LogP contribution in [0.3, 0.4) is 0 Å². The van der Waals surface area contributed by atoms with Gasteiger partial charge in [0.2, 0.25) is 5.91 Å². The number of amides is 1. The quantitative estimate of drug-likeness (QED) is 0.758. The molecule has 1 aromatic heterocycles. The summed E-state index contributed by atoms with van der Waals surface area (Å²) in [7, 11) is 0. The van der Waals surface area contributed by atoms with Crippen LogP contribution in [0.15, 0.2) is 12.5 Å². The van der Waals surface area contributed by atoms with E-state index >= 15 is 0 Å². The molecule has 1 aliphatic carbocycles. The van der Waals surface area contributed by atoms with Gasteiger partial charge in [-0.1, -0.05) is 12.8 Å². The highest BCUT2D eigenvalue weighted by Crippen LogP contribution is 2.33. The zero-order chi connectivity index (χ0) is 13.1. The number of imidazole rings is 1. The molecule has 5 heteroatoms. The number of rotatable bonds is 4. The summed E-state index contributed by atoms with van der Waals surface area (Å²) in [5, 5.41) is 6.53. The Morgan fingerprint density at radius 2 is 2.32 bits per heavy atom. The molecule has 0 bridgehead atoms. The summed E-state index contributed by atoms with van der Waals surface area (Å²) in [5.74, 6) is 0.881. The van der Waals surface area contributed by atoms with Crippen molar-refractivity contribution in [2.45, 2.75) is 50.6 Å². The number of carbonyl (C=O) groups excluding carboxylic acids is 1. The lowest BCUT2D eigenvalue weighted by Crippen LogP contribution is -2.43. The third kappa shape index (κ3) is 2.97. The Morgan fingerprint density at radius 1 is 1.42 bits per heavy atom. The summed E-state index contributed by atoms with van der Waals surface area (Å²) in [5.41, 5.74) is 1.06. The SMILES string of the molecule is O=C(NCCc1cnc[nH]1)C1CC2CCCCC2N1. The molecule has 3 N–H and O–H groups in total. The lowest BCUT2D eigenvalue weighted by atomic mass is 9.85. The van der Waals surface area contributed by atoms with Crippen molar-refractivity contribution in [1.29, 1.82) is 0 Å². The van der Waals surface area contributed by atoms with Crippen LogP contribution in [0, 0.1) is 5.92 Å². The minimum absolute atomic E-state index is 0.0230. The van der Waals surface area contributed by atoms with Crippen LogP contribution in [0.4, 0.5) is 0 Å². The maximum atomic E-state index is 12.1. The molecule has 2 fully saturated rings. The number of aromatic nitrogens is 2. The number of aromatic amines is 1. The van der Waals surface area contributed by atoms with Gasteiger partial charge in [-0.25, -0.2) is 4.98 Å². The Morgan fingerprint density at radius 3 is 3.11 bits per heavy atom. The Balaban J connectivity index is 1.43. The molecule has 1 aliphatic heterocycles. The van der Waals surface area contributed by atoms with Crippen molar-refractivity contribution in [3.05, 3.63) is 18.2 Å². The molecule has 3 atom stereocenters. The summed E-state index contributed by atoms with van der Waals surface area (Å²) in [4.78, 5) is 19.1. The van der Waals surface area contributed by atoms with Crippen molar-refractivity contribution >= 4 is 5.91 Å². The average molecular weight is 262 g/mol. The van der Waals surface area contributed by atoms with Crippen LogP contribution >= 0.6 is 0 Å². The van der Waals surface area contributed by atoms with E-state index in [1.54, 1.807) is 12.5 Å². The molecule has 0 aromatic carbocycles. The van der Waals surface area contributed by atoms with Crippen molar-refractivity contribution in [1.82, 2.24) is 20.6 Å². The standard InChI is InChI=1S/C14H22N4O/c19-14(16-6-5-11-8-15-9-17-11)13-7-10-3-1-2-4-12(10)18-13/h8-10,12-13,18H,1-7H2,(H,15,17)(H,16,19). The molecule has 1 saturated heterocycles. The molecule has 2 heterocycles. The number of fused-ring (bicyclic) bond motifs is 1. The van der Waals surface area contributed by atoms with Crippen LogP contribution in [0.2, 0.25) is 0 Å². The minimum Gasteiger partial charge on any atom is -0.354 e. The first kappa shape index (κ1) is 12.7. The first-order valence-corrected chi connectivity index (χ1v) is 7.34. The van der Waals surface area contributed by atoms with Gasteiger partial charge in [-0.15, -0.1) is 0 Å². The van der Waals surface area contributed by atoms with E-state index in [1.165, 1.54) is 25.7 Å². The fourth-order valence-electron chi connectivity index (χ4n) is 3.39. The van der Waals surface area contributed by atoms with E-state index in [0.717, 1.165) is 24.5 Å². The summed E-state index contributed by atoms with van der Waals surface area (Å²) < 4.78 is 0. The van der Waals surface area contributed by atoms with Crippen molar-refractivity contribution in [2.75, 3.05) is 6.54 Å². The second kappa shape index (κ2) is 5.74. The van der Waals surface area contributed by atoms with E-state index in [1.807, 2.05) is 0 Å². The molecule has 3 unspecified atom stereocenters. The topological polar surface area (TPSA) is 69.8 Å². The van der Waals surface area contributed by atoms with Crippen LogP contribution < -0.4 is 10.6 Å². The van der Waals surface area contributed by atoms with Gasteiger partial charge in [0.05, 0.1) is 12.4 Å². The van der Waals surface area contributed by atoms with Crippen LogP contribution in [0.5, 0.6) is 0 Å². The number of H-pyrrole nitrogens is 1. The van der Waals surface area contributed by atoms with Gasteiger partial charge in [-0.05, 0) is 25.2 Å². The van der Waals surface area contributed by atoms with Gasteiger partial charge < -0.3 is 15.6 Å². The van der Waals surface area contributed by atoms with Crippen LogP contribution in [-0.2, 0) is 11.2 Å². The highest BCUT2D eigenvalue weighted by molar-refractivity contribution is 5.82. The fourth-order valence-corrected chi connectivity index (χ4v) is 3.39. The third-order valence-electron chi connectivity index (χ3n) is 4.43. The molecular weight excluding hydrogens is 240 g/mol. The second-order valence-corrected chi connectivity index (χ2v) is 5.72. The van der Waals surface area contributed by atoms with Gasteiger partial charge in [0.15, 0.2) is 0 Å². The maximum absolute atomic E-state index is 12.1. The van der Waals surface area contributed by atoms with E-state index < -0.39 is 0 Å². The molecule has 19 heavy (non-hydrogen) atoms. The van der Waals surface area contributed by atoms with Gasteiger partial charge in [0.1, 0.15) is 0 Å². The van der Waals surface area contributed by atoms with E-state index in [4.69, 9.17) is 0 Å². The van der Waals surface area contributed by atoms with Crippen molar-refractivity contribution < 1.29 is 4.79 Å². The summed E-state index contributed by atoms with van der Waals surface area (Å²) >= 11 is 0. The summed E-state index contributed by atoms with van der Waals surface area (Å²) in [6, 6.07) is 0.604. The maximum Gasteiger partial charge on any atom is 0.237 e. The van der Waals surface area contributed by atoms with Crippen molar-refractivity contribution in [3.63, 3.8) is 0 Å². The third-order valence-corrected chi connectivity index (χ3v) is 4.43. The smallest absolute Gasteiger partial charge is 0.237 e. The largest absolute Gasteiger partial charge is 0.354 e. The fraction of sp³-hybridized carbons (Fsp3) is 0.714. The van der Waals surface area contributed by atoms with Gasteiger partial charge >= 0.3 is 0 Å². The lowest BCUT2D eigenvalue weighted by molar-refractivity contribution is -0.122. The number of nitrogens with one attached hydrogen (secondary N) is 3. The number of carbonyl (C=O) groups is 1. The van der Waals surface area contributed by atoms with E-state index in [9.17, 15) is 4.79 Å². The van der Waals surface area contributed by atoms with Crippen molar-refractivity contribution in [3.8, 4) is 0 Å². The number of nitrogens with zero attached hydrogens (tertiary/aromatic N) is 1. The molecule has 5 nitrogen and oxygen atoms in total. The van der Waals surface area contributed by atoms with Gasteiger partial charge in [0.25, 0.3) is 0 Å². The predicted octanol–water partition coefficient (Wildman–Crippen LogP) is 0.989. The molecule has 3 rings (SSSR count). The summed E-state index contributed by atoms with van der Waals surface area (Å²) in [6.07, 6.45) is 10.5. The molecule has 2 aliphatic rings. The lowest BCUT2D eigenvalue weighted by Gasteiger charge is -2.24. The van der Waals surface area contributed by atoms with Crippen LogP contribution in [0.25, 0.3) is 0 Å². The second-order valence-electron chi connectivity index (χ2n) is 5.72. The van der Waals surface area contributed by atoms with E-state index in [0.29, 0.717) is 12.6 Å². The van der Waals surface area contributed by atoms with Crippen LogP contribution in [-0.4, -0.2) is 34.5 Å². The highest BCUT2D eigenvalue weighted by atomic mass is 16.2. The monoisotopic (exact) mass is 262 g/mol. The molecule has 0 radical (unpaired) electrons. The Hall–Kier alpha value is -1.36. The predicted molar refractivity (Wildman–Crippen MR) is 72.6 cm³/mol. The molecular formula is C14H22N4O. The van der Waals surface area contributed by atoms with Gasteiger partial charge in [0, 0.05) is 30.9 Å². The molecule has 104 valence electrons. The minimum atomic E-state index is 0.0230. The first-order valence-electron chi connectivity index (χ1n) is 7.34. The van der Waals surface area contributed by atoms with E-state index in [2.05, 4.69) is 20.6 Å². The summed E-state index contributed by atoms with van der Waals surface area (Å²) in [6.45, 7) is 0.675. The zero-order valence-electron chi connectivity index (χ0n) is 11.2.